The maximum atomic E-state index is 4.22. The highest BCUT2D eigenvalue weighted by Gasteiger charge is 2.46. The molecule has 0 nitrogen and oxygen atoms in total. The van der Waals surface area contributed by atoms with E-state index in [2.05, 4.69) is 185 Å². The number of hydrogen-bond donors (Lipinski definition) is 0. The minimum atomic E-state index is 0.124. The fourth-order valence-electron chi connectivity index (χ4n) is 8.66. The minimum Gasteiger partial charge on any atom is -0.0985 e. The van der Waals surface area contributed by atoms with Gasteiger partial charge in [-0.3, -0.25) is 0 Å². The monoisotopic (exact) mass is 745 g/mol. The van der Waals surface area contributed by atoms with E-state index in [-0.39, 0.29) is 21.7 Å². The summed E-state index contributed by atoms with van der Waals surface area (Å²) in [6.07, 6.45) is 10.8. The van der Waals surface area contributed by atoms with Gasteiger partial charge in [0, 0.05) is 0 Å². The molecule has 0 bridgehead atoms. The van der Waals surface area contributed by atoms with Crippen LogP contribution >= 0.6 is 0 Å². The second-order valence-corrected chi connectivity index (χ2v) is 21.3. The predicted octanol–water partition coefficient (Wildman–Crippen LogP) is 17.2. The Bertz CT molecular complexity index is 1730. The lowest BCUT2D eigenvalue weighted by atomic mass is 9.73. The van der Waals surface area contributed by atoms with Crippen molar-refractivity contribution in [2.24, 2.45) is 11.8 Å². The van der Waals surface area contributed by atoms with Gasteiger partial charge in [-0.05, 0) is 132 Å². The van der Waals surface area contributed by atoms with Gasteiger partial charge in [0.1, 0.15) is 0 Å². The zero-order valence-electron chi connectivity index (χ0n) is 39.2. The first-order valence-electron chi connectivity index (χ1n) is 22.1. The van der Waals surface area contributed by atoms with Crippen molar-refractivity contribution in [2.75, 3.05) is 0 Å². The molecule has 304 valence electrons. The van der Waals surface area contributed by atoms with E-state index in [0.717, 1.165) is 5.92 Å². The number of benzene rings is 3. The molecule has 2 saturated carbocycles. The standard InChI is InChI=1S/C31H44.C22H34.C2H6/c1-11-20(3)24-15-13-14-16-25(24)21(4)26-19-27(26)29-22(12-2)17-23(30(5,6)7)18-28(29)31(8,9)10;1-9-17-13-18(21(3,4)5)14-19(22(6,7)8)20(17)15(2)12-16-10-11-16;1-2/h12-18,20-21,26-27H,2,11,19H2,1,3-10H3;9,13-16H,1,10-12H2,2-8H3;1-2H3. The topological polar surface area (TPSA) is 0 Å². The molecule has 2 aliphatic carbocycles. The van der Waals surface area contributed by atoms with Gasteiger partial charge in [0.2, 0.25) is 0 Å². The van der Waals surface area contributed by atoms with Gasteiger partial charge in [-0.1, -0.05) is 211 Å². The first-order valence-corrected chi connectivity index (χ1v) is 22.1. The first kappa shape index (κ1) is 46.5. The number of rotatable bonds is 10. The Morgan fingerprint density at radius 3 is 1.55 bits per heavy atom. The first-order chi connectivity index (χ1) is 25.4. The molecule has 0 spiro atoms. The molecule has 0 radical (unpaired) electrons. The van der Waals surface area contributed by atoms with Crippen LogP contribution in [0.4, 0.5) is 0 Å². The molecule has 0 amide bonds. The largest absolute Gasteiger partial charge is 0.0985 e. The van der Waals surface area contributed by atoms with Crippen LogP contribution in [0.2, 0.25) is 0 Å². The van der Waals surface area contributed by atoms with Gasteiger partial charge in [0.25, 0.3) is 0 Å². The summed E-state index contributed by atoms with van der Waals surface area (Å²) in [4.78, 5) is 0. The van der Waals surface area contributed by atoms with E-state index >= 15 is 0 Å². The van der Waals surface area contributed by atoms with Crippen LogP contribution < -0.4 is 0 Å². The lowest BCUT2D eigenvalue weighted by Gasteiger charge is -2.31. The second-order valence-electron chi connectivity index (χ2n) is 21.3. The Morgan fingerprint density at radius 1 is 0.636 bits per heavy atom. The van der Waals surface area contributed by atoms with Gasteiger partial charge in [-0.25, -0.2) is 0 Å². The van der Waals surface area contributed by atoms with Gasteiger partial charge in [0.05, 0.1) is 0 Å². The van der Waals surface area contributed by atoms with Crippen molar-refractivity contribution < 1.29 is 0 Å². The van der Waals surface area contributed by atoms with Crippen molar-refractivity contribution in [1.82, 2.24) is 0 Å². The maximum Gasteiger partial charge on any atom is -0.0116 e. The normalized spacial score (nSPS) is 18.9. The average molecular weight is 745 g/mol. The molecular weight excluding hydrogens is 661 g/mol. The van der Waals surface area contributed by atoms with Crippen LogP contribution in [0.1, 0.15) is 236 Å². The minimum absolute atomic E-state index is 0.124. The molecular formula is C55H84. The van der Waals surface area contributed by atoms with Gasteiger partial charge >= 0.3 is 0 Å². The molecule has 0 saturated heterocycles. The van der Waals surface area contributed by atoms with Crippen LogP contribution in [-0.2, 0) is 21.7 Å². The Balaban J connectivity index is 0.000000298. The molecule has 3 aromatic carbocycles. The Labute approximate surface area is 342 Å². The van der Waals surface area contributed by atoms with E-state index < -0.39 is 0 Å². The third-order valence-corrected chi connectivity index (χ3v) is 12.6. The van der Waals surface area contributed by atoms with Crippen molar-refractivity contribution in [3.8, 4) is 0 Å². The van der Waals surface area contributed by atoms with Crippen LogP contribution in [0.25, 0.3) is 12.2 Å². The zero-order valence-corrected chi connectivity index (χ0v) is 39.2. The third-order valence-electron chi connectivity index (χ3n) is 12.6. The Kier molecular flexibility index (Phi) is 15.4. The second kappa shape index (κ2) is 18.2. The molecule has 0 aromatic heterocycles. The van der Waals surface area contributed by atoms with E-state index in [1.54, 1.807) is 22.3 Å². The van der Waals surface area contributed by atoms with Crippen molar-refractivity contribution in [2.45, 2.75) is 202 Å². The average Bonchev–Trinajstić information content (AvgIpc) is 4.06. The quantitative estimate of drug-likeness (QED) is 0.194. The van der Waals surface area contributed by atoms with Crippen molar-refractivity contribution >= 4 is 12.2 Å². The van der Waals surface area contributed by atoms with E-state index in [1.165, 1.54) is 65.5 Å². The summed E-state index contributed by atoms with van der Waals surface area (Å²) in [7, 11) is 0. The molecule has 2 fully saturated rings. The van der Waals surface area contributed by atoms with Crippen LogP contribution in [-0.4, -0.2) is 0 Å². The van der Waals surface area contributed by atoms with E-state index in [4.69, 9.17) is 0 Å². The van der Waals surface area contributed by atoms with Crippen molar-refractivity contribution in [1.29, 1.82) is 0 Å². The fraction of sp³-hybridized carbons (Fsp3) is 0.600. The van der Waals surface area contributed by atoms with E-state index in [1.807, 2.05) is 13.8 Å². The summed E-state index contributed by atoms with van der Waals surface area (Å²) in [6, 6.07) is 18.9. The molecule has 2 aliphatic rings. The fourth-order valence-corrected chi connectivity index (χ4v) is 8.66. The summed E-state index contributed by atoms with van der Waals surface area (Å²) in [5.41, 5.74) is 15.4. The SMILES string of the molecule is C=Cc1cc(C(C)(C)C)cc(C(C)(C)C)c1C(C)CC1CC1.C=Cc1cc(C(C)(C)C)cc(C(C)(C)C)c1C1CC1C(C)c1ccccc1C(C)CC.CC. The van der Waals surface area contributed by atoms with Crippen LogP contribution in [0.3, 0.4) is 0 Å². The molecule has 0 heteroatoms. The Hall–Kier alpha value is -2.86. The van der Waals surface area contributed by atoms with Gasteiger partial charge < -0.3 is 0 Å². The highest BCUT2D eigenvalue weighted by molar-refractivity contribution is 5.62. The summed E-state index contributed by atoms with van der Waals surface area (Å²) < 4.78 is 0. The molecule has 0 N–H and O–H groups in total. The highest BCUT2D eigenvalue weighted by atomic mass is 14.5. The molecule has 5 atom stereocenters. The summed E-state index contributed by atoms with van der Waals surface area (Å²) >= 11 is 0. The molecule has 0 aliphatic heterocycles. The Morgan fingerprint density at radius 2 is 1.11 bits per heavy atom. The number of hydrogen-bond acceptors (Lipinski definition) is 0. The third kappa shape index (κ3) is 11.6. The summed E-state index contributed by atoms with van der Waals surface area (Å²) in [5.74, 6) is 4.15. The molecule has 5 unspecified atom stereocenters. The van der Waals surface area contributed by atoms with E-state index in [0.29, 0.717) is 29.6 Å². The van der Waals surface area contributed by atoms with Gasteiger partial charge in [0.15, 0.2) is 0 Å². The van der Waals surface area contributed by atoms with Crippen molar-refractivity contribution in [3.63, 3.8) is 0 Å². The highest BCUT2D eigenvalue weighted by Crippen LogP contribution is 2.58. The molecule has 55 heavy (non-hydrogen) atoms. The lowest BCUT2D eigenvalue weighted by Crippen LogP contribution is -2.20. The van der Waals surface area contributed by atoms with Gasteiger partial charge in [-0.2, -0.15) is 0 Å². The summed E-state index contributed by atoms with van der Waals surface area (Å²) in [5, 5.41) is 0. The van der Waals surface area contributed by atoms with Gasteiger partial charge in [-0.15, -0.1) is 0 Å². The molecule has 5 rings (SSSR count). The molecule has 0 heterocycles. The molecule has 3 aromatic rings. The van der Waals surface area contributed by atoms with Crippen LogP contribution in [0, 0.1) is 11.8 Å². The van der Waals surface area contributed by atoms with Crippen molar-refractivity contribution in [3.05, 3.63) is 117 Å². The smallest absolute Gasteiger partial charge is 0.0116 e. The lowest BCUT2D eigenvalue weighted by molar-refractivity contribution is 0.543. The predicted molar refractivity (Wildman–Crippen MR) is 249 cm³/mol. The summed E-state index contributed by atoms with van der Waals surface area (Å²) in [6.45, 7) is 49.8. The zero-order chi connectivity index (χ0) is 41.8. The van der Waals surface area contributed by atoms with Crippen LogP contribution in [0.5, 0.6) is 0 Å². The maximum absolute atomic E-state index is 4.22. The van der Waals surface area contributed by atoms with E-state index in [9.17, 15) is 0 Å². The van der Waals surface area contributed by atoms with Crippen LogP contribution in [0.15, 0.2) is 61.7 Å².